The summed E-state index contributed by atoms with van der Waals surface area (Å²) in [7, 11) is -0.798. The molecule has 0 aromatic heterocycles. The molecule has 5 heteroatoms. The molecular weight excluding hydrogens is 224 g/mol. The van der Waals surface area contributed by atoms with E-state index < -0.39 is 15.5 Å². The summed E-state index contributed by atoms with van der Waals surface area (Å²) in [5.74, 6) is -1.11. The van der Waals surface area contributed by atoms with Crippen LogP contribution >= 0.6 is 0 Å². The zero-order valence-corrected chi connectivity index (χ0v) is 11.8. The molecule has 1 atom stereocenters. The first kappa shape index (κ1) is 15.3. The van der Waals surface area contributed by atoms with Crippen molar-refractivity contribution < 1.29 is 19.4 Å². The summed E-state index contributed by atoms with van der Waals surface area (Å²) < 4.78 is 10.9. The van der Waals surface area contributed by atoms with Crippen LogP contribution in [-0.4, -0.2) is 39.7 Å². The normalized spacial score (nSPS) is 13.5. The molecule has 0 aliphatic heterocycles. The largest absolute Gasteiger partial charge is 0.478 e. The number of aliphatic carboxylic acids is 1. The zero-order valence-electron chi connectivity index (χ0n) is 10.4. The molecule has 0 amide bonds. The molecule has 1 unspecified atom stereocenters. The van der Waals surface area contributed by atoms with Crippen LogP contribution in [0.2, 0.25) is 5.54 Å². The molecule has 0 aromatic rings. The van der Waals surface area contributed by atoms with Gasteiger partial charge in [-0.1, -0.05) is 19.9 Å². The number of carboxylic acids is 1. The van der Waals surface area contributed by atoms with Crippen molar-refractivity contribution in [2.24, 2.45) is 0 Å². The molecule has 16 heavy (non-hydrogen) atoms. The average Bonchev–Trinajstić information content (AvgIpc) is 2.25. The summed E-state index contributed by atoms with van der Waals surface area (Å²) in [4.78, 5) is 10.8. The van der Waals surface area contributed by atoms with Gasteiger partial charge in [0, 0.05) is 18.8 Å². The lowest BCUT2D eigenvalue weighted by Crippen LogP contribution is -2.29. The molecule has 0 saturated heterocycles. The first-order valence-electron chi connectivity index (χ1n) is 5.71. The maximum atomic E-state index is 10.8. The molecule has 0 aliphatic rings. The maximum absolute atomic E-state index is 10.8. The van der Waals surface area contributed by atoms with E-state index in [-0.39, 0.29) is 11.5 Å². The lowest BCUT2D eigenvalue weighted by Gasteiger charge is -2.22. The fourth-order valence-electron chi connectivity index (χ4n) is 1.52. The van der Waals surface area contributed by atoms with Gasteiger partial charge in [0.15, 0.2) is 0 Å². The van der Waals surface area contributed by atoms with Crippen LogP contribution < -0.4 is 0 Å². The first-order valence-corrected chi connectivity index (χ1v) is 7.35. The summed E-state index contributed by atoms with van der Waals surface area (Å²) >= 11 is 0. The van der Waals surface area contributed by atoms with Crippen molar-refractivity contribution in [1.82, 2.24) is 0 Å². The average molecular weight is 246 g/mol. The van der Waals surface area contributed by atoms with Crippen LogP contribution in [0.25, 0.3) is 0 Å². The highest BCUT2D eigenvalue weighted by Gasteiger charge is 2.22. The molecule has 4 nitrogen and oxygen atoms in total. The van der Waals surface area contributed by atoms with E-state index in [2.05, 4.69) is 6.58 Å². The monoisotopic (exact) mass is 246 g/mol. The van der Waals surface area contributed by atoms with Gasteiger partial charge in [0.1, 0.15) is 5.91 Å². The van der Waals surface area contributed by atoms with E-state index in [1.165, 1.54) is 0 Å². The van der Waals surface area contributed by atoms with Gasteiger partial charge in [0.05, 0.1) is 9.52 Å². The number of carbonyl (C=O) groups is 1. The molecule has 0 spiro atoms. The first-order chi connectivity index (χ1) is 7.56. The molecule has 94 valence electrons. The molecule has 0 fully saturated rings. The van der Waals surface area contributed by atoms with Gasteiger partial charge in [-0.2, -0.15) is 0 Å². The van der Waals surface area contributed by atoms with Crippen molar-refractivity contribution in [1.29, 1.82) is 0 Å². The van der Waals surface area contributed by atoms with E-state index in [9.17, 15) is 4.79 Å². The van der Waals surface area contributed by atoms with Crippen LogP contribution in [0.4, 0.5) is 0 Å². The van der Waals surface area contributed by atoms with Gasteiger partial charge in [-0.25, -0.2) is 4.79 Å². The van der Waals surface area contributed by atoms with Crippen LogP contribution in [-0.2, 0) is 14.3 Å². The number of hydrogen-bond acceptors (Lipinski definition) is 3. The van der Waals surface area contributed by atoms with Crippen molar-refractivity contribution in [3.63, 3.8) is 0 Å². The van der Waals surface area contributed by atoms with Crippen molar-refractivity contribution in [3.05, 3.63) is 12.2 Å². The van der Waals surface area contributed by atoms with Crippen LogP contribution in [0, 0.1) is 0 Å². The Morgan fingerprint density at radius 3 is 2.12 bits per heavy atom. The van der Waals surface area contributed by atoms with Crippen LogP contribution in [0.3, 0.4) is 0 Å². The van der Waals surface area contributed by atoms with Crippen LogP contribution in [0.15, 0.2) is 12.2 Å². The summed E-state index contributed by atoms with van der Waals surface area (Å²) in [6.07, 6.45) is 0.786. The predicted octanol–water partition coefficient (Wildman–Crippen LogP) is 1.35. The molecule has 0 saturated carbocycles. The molecular formula is C11H22O4Si. The van der Waals surface area contributed by atoms with Gasteiger partial charge in [-0.05, 0) is 19.4 Å². The molecule has 0 rings (SSSR count). The highest BCUT2D eigenvalue weighted by Crippen LogP contribution is 2.21. The molecule has 0 aromatic carbocycles. The van der Waals surface area contributed by atoms with E-state index >= 15 is 0 Å². The lowest BCUT2D eigenvalue weighted by molar-refractivity contribution is -0.132. The Labute approximate surface area is 99.5 Å². The lowest BCUT2D eigenvalue weighted by atomic mass is 10.2. The Balaban J connectivity index is 4.35. The highest BCUT2D eigenvalue weighted by atomic mass is 28.2. The topological polar surface area (TPSA) is 55.8 Å². The third-order valence-corrected chi connectivity index (χ3v) is 4.94. The number of carboxylic acid groups (broad SMARTS) is 1. The fourth-order valence-corrected chi connectivity index (χ4v) is 3.52. The van der Waals surface area contributed by atoms with Crippen LogP contribution in [0.5, 0.6) is 0 Å². The second-order valence-electron chi connectivity index (χ2n) is 3.51. The Morgan fingerprint density at radius 1 is 1.31 bits per heavy atom. The third-order valence-electron chi connectivity index (χ3n) is 2.44. The summed E-state index contributed by atoms with van der Waals surface area (Å²) in [6, 6.07) is 0. The van der Waals surface area contributed by atoms with E-state index in [0.717, 1.165) is 6.42 Å². The Bertz CT molecular complexity index is 224. The van der Waals surface area contributed by atoms with E-state index in [4.69, 9.17) is 14.6 Å². The quantitative estimate of drug-likeness (QED) is 0.379. The minimum absolute atomic E-state index is 0.0422. The van der Waals surface area contributed by atoms with Gasteiger partial charge >= 0.3 is 5.97 Å². The van der Waals surface area contributed by atoms with E-state index in [1.54, 1.807) is 0 Å². The predicted molar refractivity (Wildman–Crippen MR) is 66.4 cm³/mol. The molecule has 0 heterocycles. The summed E-state index contributed by atoms with van der Waals surface area (Å²) in [5.41, 5.74) is 0.333. The second kappa shape index (κ2) is 8.49. The Hall–Kier alpha value is -0.653. The molecule has 0 radical (unpaired) electrons. The van der Waals surface area contributed by atoms with Crippen LogP contribution in [0.1, 0.15) is 27.2 Å². The molecule has 1 N–H and O–H groups in total. The van der Waals surface area contributed by atoms with Crippen molar-refractivity contribution >= 4 is 15.5 Å². The van der Waals surface area contributed by atoms with Crippen molar-refractivity contribution in [2.45, 2.75) is 38.6 Å². The second-order valence-corrected chi connectivity index (χ2v) is 5.64. The van der Waals surface area contributed by atoms with Gasteiger partial charge in [0.25, 0.3) is 0 Å². The number of rotatable bonds is 9. The van der Waals surface area contributed by atoms with Gasteiger partial charge in [-0.3, -0.25) is 0 Å². The van der Waals surface area contributed by atoms with Gasteiger partial charge < -0.3 is 14.6 Å². The number of ether oxygens (including phenoxy) is 2. The van der Waals surface area contributed by atoms with Gasteiger partial charge in [0.2, 0.25) is 0 Å². The van der Waals surface area contributed by atoms with Crippen molar-refractivity contribution in [2.75, 3.05) is 13.2 Å². The van der Waals surface area contributed by atoms with Crippen molar-refractivity contribution in [3.8, 4) is 0 Å². The SMILES string of the molecule is C=C(C(=O)O)C(CC)[SiH2]C(OCC)OCC. The third kappa shape index (κ3) is 5.44. The highest BCUT2D eigenvalue weighted by molar-refractivity contribution is 6.41. The summed E-state index contributed by atoms with van der Waals surface area (Å²) in [5, 5.41) is 8.90. The Morgan fingerprint density at radius 2 is 1.81 bits per heavy atom. The fraction of sp³-hybridized carbons (Fsp3) is 0.727. The Kier molecular flexibility index (Phi) is 8.15. The minimum atomic E-state index is -0.911. The molecule has 0 bridgehead atoms. The van der Waals surface area contributed by atoms with E-state index in [1.807, 2.05) is 20.8 Å². The van der Waals surface area contributed by atoms with Gasteiger partial charge in [-0.15, -0.1) is 0 Å². The maximum Gasteiger partial charge on any atom is 0.330 e. The smallest absolute Gasteiger partial charge is 0.330 e. The zero-order chi connectivity index (χ0) is 12.6. The standard InChI is InChI=1S/C11H22O4Si/c1-5-9(8(4)10(12)13)16-11(14-6-2)15-7-3/h9,11H,4-7,16H2,1-3H3,(H,12,13). The minimum Gasteiger partial charge on any atom is -0.478 e. The van der Waals surface area contributed by atoms with E-state index in [0.29, 0.717) is 18.8 Å². The summed E-state index contributed by atoms with van der Waals surface area (Å²) in [6.45, 7) is 10.6. The molecule has 0 aliphatic carbocycles. The number of hydrogen-bond donors (Lipinski definition) is 1.